The lowest BCUT2D eigenvalue weighted by Gasteiger charge is -2.16. The summed E-state index contributed by atoms with van der Waals surface area (Å²) in [5.74, 6) is 0. The Morgan fingerprint density at radius 1 is 1.25 bits per heavy atom. The van der Waals surface area contributed by atoms with E-state index in [1.54, 1.807) is 0 Å². The van der Waals surface area contributed by atoms with Crippen molar-refractivity contribution in [3.63, 3.8) is 0 Å². The van der Waals surface area contributed by atoms with Gasteiger partial charge in [0.2, 0.25) is 0 Å². The Morgan fingerprint density at radius 3 is 2.85 bits per heavy atom. The third-order valence-corrected chi connectivity index (χ3v) is 3.93. The van der Waals surface area contributed by atoms with Crippen LogP contribution in [0.2, 0.25) is 0 Å². The fourth-order valence-electron chi connectivity index (χ4n) is 2.87. The van der Waals surface area contributed by atoms with Gasteiger partial charge in [-0.1, -0.05) is 6.07 Å². The molecule has 0 fully saturated rings. The summed E-state index contributed by atoms with van der Waals surface area (Å²) in [6.07, 6.45) is 2.14. The Hall–Kier alpha value is -2.47. The van der Waals surface area contributed by atoms with E-state index in [1.807, 2.05) is 31.2 Å². The Kier molecular flexibility index (Phi) is 3.08. The molecular weight excluding hydrogens is 246 g/mol. The van der Waals surface area contributed by atoms with Gasteiger partial charge in [-0.05, 0) is 66.8 Å². The van der Waals surface area contributed by atoms with Crippen molar-refractivity contribution >= 4 is 11.4 Å². The summed E-state index contributed by atoms with van der Waals surface area (Å²) in [7, 11) is 0. The first-order valence-electron chi connectivity index (χ1n) is 6.83. The molecule has 0 bridgehead atoms. The number of nitrogens with zero attached hydrogens (tertiary/aromatic N) is 1. The maximum Gasteiger partial charge on any atom is 0.0994 e. The molecule has 0 aliphatic heterocycles. The molecule has 1 atom stereocenters. The van der Waals surface area contributed by atoms with Crippen molar-refractivity contribution in [1.82, 2.24) is 0 Å². The highest BCUT2D eigenvalue weighted by Crippen LogP contribution is 2.35. The van der Waals surface area contributed by atoms with Crippen LogP contribution in [-0.2, 0) is 6.42 Å². The predicted molar refractivity (Wildman–Crippen MR) is 81.4 cm³/mol. The van der Waals surface area contributed by atoms with E-state index in [1.165, 1.54) is 11.1 Å². The molecular formula is C17H17N3. The van der Waals surface area contributed by atoms with Gasteiger partial charge in [-0.25, -0.2) is 0 Å². The highest BCUT2D eigenvalue weighted by atomic mass is 14.9. The second-order valence-corrected chi connectivity index (χ2v) is 5.34. The Morgan fingerprint density at radius 2 is 2.10 bits per heavy atom. The number of nitrogens with one attached hydrogen (secondary N) is 1. The van der Waals surface area contributed by atoms with Crippen LogP contribution in [-0.4, -0.2) is 0 Å². The molecule has 0 amide bonds. The number of benzene rings is 2. The fraction of sp³-hybridized carbons (Fsp3) is 0.235. The van der Waals surface area contributed by atoms with Gasteiger partial charge in [-0.3, -0.25) is 0 Å². The van der Waals surface area contributed by atoms with Crippen LogP contribution in [0.4, 0.5) is 11.4 Å². The molecule has 3 heteroatoms. The van der Waals surface area contributed by atoms with Crippen LogP contribution in [0.15, 0.2) is 36.4 Å². The normalized spacial score (nSPS) is 16.5. The van der Waals surface area contributed by atoms with Crippen LogP contribution in [0.5, 0.6) is 0 Å². The second-order valence-electron chi connectivity index (χ2n) is 5.34. The quantitative estimate of drug-likeness (QED) is 0.814. The lowest BCUT2D eigenvalue weighted by Crippen LogP contribution is -2.07. The number of nitrogen functional groups attached to an aromatic ring is 1. The van der Waals surface area contributed by atoms with Gasteiger partial charge in [-0.15, -0.1) is 0 Å². The highest BCUT2D eigenvalue weighted by Gasteiger charge is 2.22. The van der Waals surface area contributed by atoms with Crippen molar-refractivity contribution in [2.75, 3.05) is 11.1 Å². The molecule has 20 heavy (non-hydrogen) atoms. The van der Waals surface area contributed by atoms with E-state index in [0.29, 0.717) is 6.04 Å². The summed E-state index contributed by atoms with van der Waals surface area (Å²) in [6, 6.07) is 14.6. The molecule has 3 rings (SSSR count). The third kappa shape index (κ3) is 2.21. The lowest BCUT2D eigenvalue weighted by molar-refractivity contribution is 0.762. The molecule has 0 aromatic heterocycles. The van der Waals surface area contributed by atoms with Crippen LogP contribution in [0, 0.1) is 18.3 Å². The summed E-state index contributed by atoms with van der Waals surface area (Å²) in [4.78, 5) is 0. The monoisotopic (exact) mass is 263 g/mol. The summed E-state index contributed by atoms with van der Waals surface area (Å²) >= 11 is 0. The van der Waals surface area contributed by atoms with Gasteiger partial charge in [0.1, 0.15) is 0 Å². The van der Waals surface area contributed by atoms with Crippen molar-refractivity contribution in [2.24, 2.45) is 0 Å². The standard InChI is InChI=1S/C17H17N3/c1-11-8-15(5-2-13(11)10-18)20-17-7-3-12-9-14(19)4-6-16(12)17/h2,4-6,8-9,17,20H,3,7,19H2,1H3. The number of anilines is 2. The average molecular weight is 263 g/mol. The Bertz CT molecular complexity index is 698. The Balaban J connectivity index is 1.84. The van der Waals surface area contributed by atoms with Crippen molar-refractivity contribution in [2.45, 2.75) is 25.8 Å². The van der Waals surface area contributed by atoms with E-state index in [-0.39, 0.29) is 0 Å². The predicted octanol–water partition coefficient (Wildman–Crippen LogP) is 3.55. The molecule has 0 heterocycles. The largest absolute Gasteiger partial charge is 0.399 e. The van der Waals surface area contributed by atoms with Crippen LogP contribution >= 0.6 is 0 Å². The minimum atomic E-state index is 0.331. The first-order valence-corrected chi connectivity index (χ1v) is 6.83. The van der Waals surface area contributed by atoms with Gasteiger partial charge in [0.05, 0.1) is 17.7 Å². The van der Waals surface area contributed by atoms with E-state index in [0.717, 1.165) is 35.3 Å². The molecule has 1 aliphatic rings. The maximum atomic E-state index is 8.97. The highest BCUT2D eigenvalue weighted by molar-refractivity contribution is 5.55. The number of nitriles is 1. The molecule has 3 N–H and O–H groups in total. The van der Waals surface area contributed by atoms with E-state index < -0.39 is 0 Å². The van der Waals surface area contributed by atoms with E-state index in [9.17, 15) is 0 Å². The van der Waals surface area contributed by atoms with Crippen LogP contribution in [0.25, 0.3) is 0 Å². The van der Waals surface area contributed by atoms with Crippen molar-refractivity contribution in [3.05, 3.63) is 58.7 Å². The molecule has 2 aromatic carbocycles. The van der Waals surface area contributed by atoms with Crippen molar-refractivity contribution in [3.8, 4) is 6.07 Å². The zero-order chi connectivity index (χ0) is 14.1. The van der Waals surface area contributed by atoms with Crippen molar-refractivity contribution < 1.29 is 0 Å². The molecule has 3 nitrogen and oxygen atoms in total. The molecule has 1 aliphatic carbocycles. The number of rotatable bonds is 2. The zero-order valence-corrected chi connectivity index (χ0v) is 11.5. The van der Waals surface area contributed by atoms with Gasteiger partial charge >= 0.3 is 0 Å². The lowest BCUT2D eigenvalue weighted by atomic mass is 10.1. The summed E-state index contributed by atoms with van der Waals surface area (Å²) in [5.41, 5.74) is 12.1. The van der Waals surface area contributed by atoms with Gasteiger partial charge in [0, 0.05) is 11.4 Å². The van der Waals surface area contributed by atoms with E-state index >= 15 is 0 Å². The van der Waals surface area contributed by atoms with Gasteiger partial charge in [-0.2, -0.15) is 5.26 Å². The molecule has 0 saturated carbocycles. The maximum absolute atomic E-state index is 8.97. The molecule has 0 radical (unpaired) electrons. The molecule has 0 saturated heterocycles. The average Bonchev–Trinajstić information content (AvgIpc) is 2.81. The van der Waals surface area contributed by atoms with Crippen molar-refractivity contribution in [1.29, 1.82) is 5.26 Å². The number of hydrogen-bond acceptors (Lipinski definition) is 3. The van der Waals surface area contributed by atoms with E-state index in [2.05, 4.69) is 23.5 Å². The molecule has 0 spiro atoms. The molecule has 2 aromatic rings. The number of aryl methyl sites for hydroxylation is 2. The Labute approximate surface area is 119 Å². The topological polar surface area (TPSA) is 61.8 Å². The third-order valence-electron chi connectivity index (χ3n) is 3.93. The summed E-state index contributed by atoms with van der Waals surface area (Å²) in [6.45, 7) is 1.97. The summed E-state index contributed by atoms with van der Waals surface area (Å²) < 4.78 is 0. The zero-order valence-electron chi connectivity index (χ0n) is 11.5. The van der Waals surface area contributed by atoms with Crippen LogP contribution in [0.1, 0.15) is 34.7 Å². The molecule has 1 unspecified atom stereocenters. The number of nitrogens with two attached hydrogens (primary N) is 1. The second kappa shape index (κ2) is 4.90. The van der Waals surface area contributed by atoms with Gasteiger partial charge in [0.15, 0.2) is 0 Å². The minimum absolute atomic E-state index is 0.331. The minimum Gasteiger partial charge on any atom is -0.399 e. The first-order chi connectivity index (χ1) is 9.67. The number of fused-ring (bicyclic) bond motifs is 1. The first kappa shape index (κ1) is 12.6. The number of hydrogen-bond donors (Lipinski definition) is 2. The van der Waals surface area contributed by atoms with Gasteiger partial charge in [0.25, 0.3) is 0 Å². The van der Waals surface area contributed by atoms with E-state index in [4.69, 9.17) is 11.0 Å². The fourth-order valence-corrected chi connectivity index (χ4v) is 2.87. The SMILES string of the molecule is Cc1cc(NC2CCc3cc(N)ccc32)ccc1C#N. The van der Waals surface area contributed by atoms with Gasteiger partial charge < -0.3 is 11.1 Å². The van der Waals surface area contributed by atoms with Crippen LogP contribution < -0.4 is 11.1 Å². The smallest absolute Gasteiger partial charge is 0.0994 e. The van der Waals surface area contributed by atoms with Crippen LogP contribution in [0.3, 0.4) is 0 Å². The molecule has 100 valence electrons. The summed E-state index contributed by atoms with van der Waals surface area (Å²) in [5, 5.41) is 12.5.